The number of carboxylic acid groups (broad SMARTS) is 1. The largest absolute Gasteiger partial charge is 0.481 e. The number of carbonyl (C=O) groups is 2. The van der Waals surface area contributed by atoms with Gasteiger partial charge in [-0.25, -0.2) is 9.78 Å². The Morgan fingerprint density at radius 1 is 1.44 bits per heavy atom. The van der Waals surface area contributed by atoms with Crippen LogP contribution in [0, 0.1) is 0 Å². The number of rotatable bonds is 7. The van der Waals surface area contributed by atoms with Crippen LogP contribution in [-0.4, -0.2) is 35.2 Å². The number of aliphatic carboxylic acids is 1. The predicted molar refractivity (Wildman–Crippen MR) is 65.6 cm³/mol. The maximum Gasteiger partial charge on any atom is 0.339 e. The summed E-state index contributed by atoms with van der Waals surface area (Å²) in [5.74, 6) is -0.613. The van der Waals surface area contributed by atoms with Crippen molar-refractivity contribution in [1.82, 2.24) is 4.98 Å². The number of aromatic nitrogens is 1. The van der Waals surface area contributed by atoms with Crippen molar-refractivity contribution < 1.29 is 19.4 Å². The molecule has 0 aliphatic heterocycles. The van der Waals surface area contributed by atoms with Gasteiger partial charge in [0.25, 0.3) is 0 Å². The summed E-state index contributed by atoms with van der Waals surface area (Å²) in [4.78, 5) is 25.7. The number of nitrogens with zero attached hydrogens (tertiary/aromatic N) is 1. The van der Waals surface area contributed by atoms with Gasteiger partial charge in [0.2, 0.25) is 0 Å². The quantitative estimate of drug-likeness (QED) is 0.565. The molecule has 0 bridgehead atoms. The Balaban J connectivity index is 2.40. The van der Waals surface area contributed by atoms with Crippen LogP contribution >= 0.6 is 0 Å². The van der Waals surface area contributed by atoms with Crippen molar-refractivity contribution in [3.8, 4) is 0 Å². The number of carbonyl (C=O) groups excluding carboxylic acids is 1. The highest BCUT2D eigenvalue weighted by atomic mass is 16.5. The van der Waals surface area contributed by atoms with E-state index in [9.17, 15) is 9.59 Å². The number of pyridine rings is 1. The first-order chi connectivity index (χ1) is 8.63. The lowest BCUT2D eigenvalue weighted by molar-refractivity contribution is -0.137. The zero-order chi connectivity index (χ0) is 13.4. The summed E-state index contributed by atoms with van der Waals surface area (Å²) in [5, 5.41) is 11.4. The molecule has 1 rings (SSSR count). The standard InChI is InChI=1S/C12H16N2O4/c1-2-18-12(17)9-5-6-10(14-8-9)13-7-3-4-11(15)16/h5-6,8H,2-4,7H2,1H3,(H,13,14)(H,15,16). The Kier molecular flexibility index (Phi) is 5.63. The van der Waals surface area contributed by atoms with Gasteiger partial charge in [0.15, 0.2) is 0 Å². The van der Waals surface area contributed by atoms with Crippen LogP contribution in [0.15, 0.2) is 18.3 Å². The fourth-order valence-corrected chi connectivity index (χ4v) is 1.29. The van der Waals surface area contributed by atoms with Gasteiger partial charge in [0, 0.05) is 19.2 Å². The van der Waals surface area contributed by atoms with Crippen LogP contribution < -0.4 is 5.32 Å². The third kappa shape index (κ3) is 4.82. The van der Waals surface area contributed by atoms with Crippen LogP contribution in [-0.2, 0) is 9.53 Å². The molecule has 0 aliphatic rings. The highest BCUT2D eigenvalue weighted by Crippen LogP contribution is 2.06. The number of carboxylic acids is 1. The van der Waals surface area contributed by atoms with Crippen molar-refractivity contribution >= 4 is 17.8 Å². The van der Waals surface area contributed by atoms with E-state index in [1.165, 1.54) is 6.20 Å². The summed E-state index contributed by atoms with van der Waals surface area (Å²) in [7, 11) is 0. The first kappa shape index (κ1) is 14.0. The van der Waals surface area contributed by atoms with Gasteiger partial charge in [-0.2, -0.15) is 0 Å². The van der Waals surface area contributed by atoms with Gasteiger partial charge in [-0.05, 0) is 25.5 Å². The number of anilines is 1. The molecule has 0 saturated heterocycles. The minimum atomic E-state index is -0.817. The van der Waals surface area contributed by atoms with Crippen molar-refractivity contribution in [3.05, 3.63) is 23.9 Å². The Bertz CT molecular complexity index is 403. The second-order valence-electron chi connectivity index (χ2n) is 3.58. The summed E-state index contributed by atoms with van der Waals surface area (Å²) in [5.41, 5.74) is 0.396. The highest BCUT2D eigenvalue weighted by Gasteiger charge is 2.06. The molecule has 18 heavy (non-hydrogen) atoms. The molecule has 0 aliphatic carbocycles. The van der Waals surface area contributed by atoms with E-state index in [-0.39, 0.29) is 6.42 Å². The fraction of sp³-hybridized carbons (Fsp3) is 0.417. The Morgan fingerprint density at radius 3 is 2.78 bits per heavy atom. The van der Waals surface area contributed by atoms with E-state index in [0.29, 0.717) is 31.0 Å². The Labute approximate surface area is 105 Å². The second-order valence-corrected chi connectivity index (χ2v) is 3.58. The van der Waals surface area contributed by atoms with E-state index in [2.05, 4.69) is 10.3 Å². The topological polar surface area (TPSA) is 88.5 Å². The lowest BCUT2D eigenvalue weighted by atomic mass is 10.3. The number of ether oxygens (including phenoxy) is 1. The van der Waals surface area contributed by atoms with E-state index in [1.807, 2.05) is 0 Å². The van der Waals surface area contributed by atoms with Gasteiger partial charge in [0.1, 0.15) is 5.82 Å². The summed E-state index contributed by atoms with van der Waals surface area (Å²) >= 11 is 0. The summed E-state index contributed by atoms with van der Waals surface area (Å²) in [6, 6.07) is 3.28. The molecule has 0 amide bonds. The van der Waals surface area contributed by atoms with Crippen molar-refractivity contribution in [2.75, 3.05) is 18.5 Å². The van der Waals surface area contributed by atoms with Gasteiger partial charge < -0.3 is 15.2 Å². The van der Waals surface area contributed by atoms with E-state index in [0.717, 1.165) is 0 Å². The molecule has 0 unspecified atom stereocenters. The van der Waals surface area contributed by atoms with Crippen LogP contribution in [0.4, 0.5) is 5.82 Å². The predicted octanol–water partition coefficient (Wildman–Crippen LogP) is 1.54. The molecule has 0 fully saturated rings. The molecule has 1 heterocycles. The van der Waals surface area contributed by atoms with E-state index < -0.39 is 11.9 Å². The number of hydrogen-bond acceptors (Lipinski definition) is 5. The molecule has 1 aromatic rings. The van der Waals surface area contributed by atoms with Gasteiger partial charge in [0.05, 0.1) is 12.2 Å². The van der Waals surface area contributed by atoms with Gasteiger partial charge >= 0.3 is 11.9 Å². The van der Waals surface area contributed by atoms with E-state index >= 15 is 0 Å². The van der Waals surface area contributed by atoms with Gasteiger partial charge in [-0.3, -0.25) is 4.79 Å². The minimum absolute atomic E-state index is 0.119. The first-order valence-corrected chi connectivity index (χ1v) is 5.72. The maximum atomic E-state index is 11.3. The number of hydrogen-bond donors (Lipinski definition) is 2. The van der Waals surface area contributed by atoms with Crippen molar-refractivity contribution in [2.45, 2.75) is 19.8 Å². The van der Waals surface area contributed by atoms with Crippen molar-refractivity contribution in [2.24, 2.45) is 0 Å². The molecule has 0 aromatic carbocycles. The van der Waals surface area contributed by atoms with E-state index in [4.69, 9.17) is 9.84 Å². The number of esters is 1. The van der Waals surface area contributed by atoms with Crippen LogP contribution in [0.1, 0.15) is 30.1 Å². The highest BCUT2D eigenvalue weighted by molar-refractivity contribution is 5.89. The van der Waals surface area contributed by atoms with Crippen LogP contribution in [0.25, 0.3) is 0 Å². The van der Waals surface area contributed by atoms with Crippen molar-refractivity contribution in [3.63, 3.8) is 0 Å². The maximum absolute atomic E-state index is 11.3. The summed E-state index contributed by atoms with van der Waals surface area (Å²) < 4.78 is 4.83. The van der Waals surface area contributed by atoms with Gasteiger partial charge in [-0.15, -0.1) is 0 Å². The molecule has 6 heteroatoms. The smallest absolute Gasteiger partial charge is 0.339 e. The molecule has 98 valence electrons. The molecule has 2 N–H and O–H groups in total. The monoisotopic (exact) mass is 252 g/mol. The molecular formula is C12H16N2O4. The first-order valence-electron chi connectivity index (χ1n) is 5.72. The Hall–Kier alpha value is -2.11. The molecule has 0 atom stereocenters. The zero-order valence-electron chi connectivity index (χ0n) is 10.2. The fourth-order valence-electron chi connectivity index (χ4n) is 1.29. The van der Waals surface area contributed by atoms with Crippen LogP contribution in [0.2, 0.25) is 0 Å². The van der Waals surface area contributed by atoms with Gasteiger partial charge in [-0.1, -0.05) is 0 Å². The Morgan fingerprint density at radius 2 is 2.22 bits per heavy atom. The molecule has 1 aromatic heterocycles. The molecule has 6 nitrogen and oxygen atoms in total. The van der Waals surface area contributed by atoms with Crippen molar-refractivity contribution in [1.29, 1.82) is 0 Å². The lowest BCUT2D eigenvalue weighted by Gasteiger charge is -2.05. The molecule has 0 radical (unpaired) electrons. The average molecular weight is 252 g/mol. The molecule has 0 saturated carbocycles. The summed E-state index contributed by atoms with van der Waals surface area (Å²) in [6.45, 7) is 2.59. The van der Waals surface area contributed by atoms with Crippen LogP contribution in [0.5, 0.6) is 0 Å². The zero-order valence-corrected chi connectivity index (χ0v) is 10.2. The molecule has 0 spiro atoms. The van der Waals surface area contributed by atoms with Crippen LogP contribution in [0.3, 0.4) is 0 Å². The lowest BCUT2D eigenvalue weighted by Crippen LogP contribution is -2.08. The van der Waals surface area contributed by atoms with E-state index in [1.54, 1.807) is 19.1 Å². The normalized spacial score (nSPS) is 9.83. The number of nitrogens with one attached hydrogen (secondary N) is 1. The minimum Gasteiger partial charge on any atom is -0.481 e. The second kappa shape index (κ2) is 7.26. The molecular weight excluding hydrogens is 236 g/mol. The third-order valence-electron chi connectivity index (χ3n) is 2.15. The summed E-state index contributed by atoms with van der Waals surface area (Å²) in [6.07, 6.45) is 2.07. The SMILES string of the molecule is CCOC(=O)c1ccc(NCCCC(=O)O)nc1. The third-order valence-corrected chi connectivity index (χ3v) is 2.15. The average Bonchev–Trinajstić information content (AvgIpc) is 2.35.